The highest BCUT2D eigenvalue weighted by Gasteiger charge is 2.38. The molecule has 0 aromatic carbocycles. The Hall–Kier alpha value is -4.74. The van der Waals surface area contributed by atoms with E-state index >= 15 is 0 Å². The van der Waals surface area contributed by atoms with Crippen molar-refractivity contribution < 1.29 is 85.0 Å². The van der Waals surface area contributed by atoms with Crippen molar-refractivity contribution in [3.63, 3.8) is 0 Å². The molecule has 8 unspecified atom stereocenters. The van der Waals surface area contributed by atoms with Crippen LogP contribution in [0.4, 0.5) is 5.82 Å². The van der Waals surface area contributed by atoms with E-state index in [1.165, 1.54) is 40.6 Å². The third-order valence-electron chi connectivity index (χ3n) is 11.9. The van der Waals surface area contributed by atoms with Crippen LogP contribution in [0.25, 0.3) is 0 Å². The van der Waals surface area contributed by atoms with E-state index in [9.17, 15) is 33.6 Å². The van der Waals surface area contributed by atoms with Crippen molar-refractivity contribution in [2.24, 2.45) is 0 Å². The number of nitrogens with one attached hydrogen (secondary N) is 1. The van der Waals surface area contributed by atoms with Gasteiger partial charge in [0.25, 0.3) is 0 Å². The number of ketones is 4. The summed E-state index contributed by atoms with van der Waals surface area (Å²) in [7, 11) is 0.672. The molecule has 0 saturated carbocycles. The molecule has 87 heavy (non-hydrogen) atoms. The number of aryl methyl sites for hydroxylation is 1. The van der Waals surface area contributed by atoms with Gasteiger partial charge >= 0.3 is 17.6 Å². The number of ether oxygens (including phenoxy) is 3. The van der Waals surface area contributed by atoms with E-state index < -0.39 is 61.1 Å². The summed E-state index contributed by atoms with van der Waals surface area (Å²) in [6.45, 7) is 12.6. The van der Waals surface area contributed by atoms with E-state index in [2.05, 4.69) is 31.5 Å². The third-order valence-corrected chi connectivity index (χ3v) is 15.7. The van der Waals surface area contributed by atoms with E-state index in [4.69, 9.17) is 67.4 Å². The Bertz CT molecular complexity index is 2370. The molecule has 27 heteroatoms. The summed E-state index contributed by atoms with van der Waals surface area (Å²) in [6, 6.07) is 6.01. The lowest BCUT2D eigenvalue weighted by Crippen LogP contribution is -2.29. The molecule has 496 valence electrons. The van der Waals surface area contributed by atoms with Gasteiger partial charge in [0.15, 0.2) is 16.8 Å². The van der Waals surface area contributed by atoms with Crippen molar-refractivity contribution in [2.45, 2.75) is 215 Å². The maximum atomic E-state index is 12.8. The molecule has 1 aliphatic heterocycles. The number of hydrogen-bond acceptors (Lipinski definition) is 23. The van der Waals surface area contributed by atoms with Crippen molar-refractivity contribution in [2.75, 3.05) is 84.3 Å². The topological polar surface area (TPSA) is 355 Å². The minimum Gasteiger partial charge on any atom is -0.466 e. The zero-order valence-electron chi connectivity index (χ0n) is 58.9. The highest BCUT2D eigenvalue weighted by atomic mass is 31.2. The predicted octanol–water partition coefficient (Wildman–Crippen LogP) is 10.0. The van der Waals surface area contributed by atoms with Crippen molar-refractivity contribution >= 4 is 65.8 Å². The number of carbonyl (C=O) groups excluding carboxylic acids is 6. The average molecular weight is 1300 g/mol. The molecule has 2 heterocycles. The molecule has 1 aliphatic rings. The molecule has 4 N–H and O–H groups in total. The lowest BCUT2D eigenvalue weighted by molar-refractivity contribution is -0.145. The molecule has 0 amide bonds. The number of nitrogens with zero attached hydrogens (tertiary/aromatic N) is 5. The second-order valence-corrected chi connectivity index (χ2v) is 24.0. The smallest absolute Gasteiger partial charge is 0.351 e. The molecule has 8 atom stereocenters. The first-order valence-electron chi connectivity index (χ1n) is 32.6. The molecular formula is C60H103N6O18P3. The molecule has 0 spiro atoms. The summed E-state index contributed by atoms with van der Waals surface area (Å²) in [5.74, 6) is 2.33. The largest absolute Gasteiger partial charge is 0.466 e. The van der Waals surface area contributed by atoms with Gasteiger partial charge in [0.05, 0.1) is 108 Å². The van der Waals surface area contributed by atoms with Crippen LogP contribution in [0.5, 0.6) is 0 Å². The number of hydrogen-bond donors (Lipinski definition) is 4. The Morgan fingerprint density at radius 2 is 1.38 bits per heavy atom. The van der Waals surface area contributed by atoms with Gasteiger partial charge < -0.3 is 67.1 Å². The molecule has 24 nitrogen and oxygen atoms in total. The van der Waals surface area contributed by atoms with Gasteiger partial charge in [-0.1, -0.05) is 28.6 Å². The lowest BCUT2D eigenvalue weighted by Gasteiger charge is -2.21. The number of Topliss-reactive ketones (excluding diaryl/α,β-unsaturated/α-hetero) is 4. The second kappa shape index (κ2) is 57.7. The van der Waals surface area contributed by atoms with E-state index in [0.29, 0.717) is 109 Å². The van der Waals surface area contributed by atoms with Gasteiger partial charge in [0.1, 0.15) is 41.3 Å². The molecule has 0 bridgehead atoms. The van der Waals surface area contributed by atoms with Gasteiger partial charge in [-0.25, -0.2) is 4.79 Å². The van der Waals surface area contributed by atoms with E-state index in [0.717, 1.165) is 37.4 Å². The molecule has 1 fully saturated rings. The Labute approximate surface area is 530 Å². The van der Waals surface area contributed by atoms with Crippen LogP contribution in [-0.2, 0) is 65.6 Å². The first kappa shape index (κ1) is 76.5. The Morgan fingerprint density at radius 3 is 1.98 bits per heavy atom. The molecule has 2 rings (SSSR count). The Balaban J connectivity index is -0.000000641. The van der Waals surface area contributed by atoms with Crippen molar-refractivity contribution in [3.8, 4) is 30.6 Å². The van der Waals surface area contributed by atoms with Crippen LogP contribution in [0, 0.1) is 53.3 Å². The molecule has 1 saturated heterocycles. The van der Waals surface area contributed by atoms with Gasteiger partial charge in [0.2, 0.25) is 4.29 Å². The number of terminal acetylenes is 1. The number of anilines is 1. The molecule has 0 radical (unpaired) electrons. The van der Waals surface area contributed by atoms with E-state index in [1.54, 1.807) is 19.5 Å². The van der Waals surface area contributed by atoms with Gasteiger partial charge in [-0.2, -0.15) is 20.8 Å². The monoisotopic (exact) mass is 1300 g/mol. The van der Waals surface area contributed by atoms with Crippen LogP contribution in [-0.4, -0.2) is 168 Å². The fourth-order valence-electron chi connectivity index (χ4n) is 7.44. The zero-order valence-corrected chi connectivity index (χ0v) is 55.6. The predicted molar refractivity (Wildman–Crippen MR) is 338 cm³/mol. The van der Waals surface area contributed by atoms with Crippen LogP contribution in [0.15, 0.2) is 11.0 Å². The summed E-state index contributed by atoms with van der Waals surface area (Å²) in [5, 5.41) is 42.2. The van der Waals surface area contributed by atoms with E-state index in [-0.39, 0.29) is 100 Å². The Kier molecular flexibility index (Phi) is 50.7. The fourth-order valence-corrected chi connectivity index (χ4v) is 10.7. The first-order valence-corrected chi connectivity index (χ1v) is 33.5. The fraction of sp³-hybridized carbons (Fsp3) is 0.750. The minimum atomic E-state index is -1.26. The number of aliphatic hydroxyl groups excluding tert-OH is 3. The highest BCUT2D eigenvalue weighted by Crippen LogP contribution is 2.42. The molecule has 1 aromatic heterocycles. The normalized spacial score (nSPS) is 16.1. The average Bonchev–Trinajstić information content (AvgIpc) is 1.75. The summed E-state index contributed by atoms with van der Waals surface area (Å²) >= 11 is 0. The van der Waals surface area contributed by atoms with Crippen molar-refractivity contribution in [1.82, 2.24) is 9.55 Å². The van der Waals surface area contributed by atoms with Gasteiger partial charge in [-0.15, -0.1) is 12.3 Å². The number of carbonyl (C=O) groups is 6. The van der Waals surface area contributed by atoms with Crippen LogP contribution in [0.1, 0.15) is 193 Å². The number of esters is 2. The quantitative estimate of drug-likeness (QED) is 0.0204. The number of rotatable bonds is 49. The maximum absolute atomic E-state index is 12.8. The summed E-state index contributed by atoms with van der Waals surface area (Å²) in [5.41, 5.74) is 0.320. The summed E-state index contributed by atoms with van der Waals surface area (Å²) in [6.07, 6.45) is 15.3. The third kappa shape index (κ3) is 48.8. The van der Waals surface area contributed by atoms with Gasteiger partial charge in [-0.05, 0) is 78.5 Å². The summed E-state index contributed by atoms with van der Waals surface area (Å²) in [4.78, 5) is 85.1. The molecule has 0 aliphatic carbocycles. The minimum absolute atomic E-state index is 0.0134. The first-order chi connectivity index (χ1) is 44.8. The summed E-state index contributed by atoms with van der Waals surface area (Å²) < 4.78 is 83.8. The maximum Gasteiger partial charge on any atom is 0.351 e. The van der Waals surface area contributed by atoms with Crippen molar-refractivity contribution in [3.05, 3.63) is 22.2 Å². The number of unbranched alkanes of at least 4 members (excludes halogenated alkanes) is 4. The number of aliphatic hydroxyl groups is 3. The standard InChI is InChI=1S/C25H39N4O8P.C18H28NO4P.C14H24NO6P.3CH4/c1-18-16-29(22-15-20(21(17-30)36-22)37-38(3)35-14-8-11-26)25(33)28-24(18)27-12-6-4-5-7-13-34-23(32)10-9-19(2)31;1-3-4-5-8-16(20)9-6-10-17(21)15-18(22)11-14-24(2)23-13-7-12-19;1-12(17)4-5-14(18)19-11-7-13(6-9-16)21-22(2)20-10-3-8-15;;;/h16,20-22,30H,4-10,12-15,17H2,1-3H3,(H,27,28,33);1,18,22H,4-11,13-15H2,2H3;13,16H,3-7,9-11H2,1-2H3;3*1H4/i30D;22D;16D;3*1T. The van der Waals surface area contributed by atoms with Crippen LogP contribution in [0.2, 0.25) is 0 Å². The number of aromatic nitrogens is 2. The van der Waals surface area contributed by atoms with Gasteiger partial charge in [-0.3, -0.25) is 23.7 Å². The molecular weight excluding hydrogens is 1190 g/mol. The number of nitriles is 3. The highest BCUT2D eigenvalue weighted by molar-refractivity contribution is 7.51. The van der Waals surface area contributed by atoms with Gasteiger partial charge in [0, 0.05) is 108 Å². The Morgan fingerprint density at radius 1 is 0.782 bits per heavy atom. The molecule has 1 aromatic rings. The second-order valence-electron chi connectivity index (χ2n) is 19.4. The van der Waals surface area contributed by atoms with Crippen LogP contribution < -0.4 is 11.0 Å². The van der Waals surface area contributed by atoms with Crippen LogP contribution >= 0.6 is 24.9 Å². The van der Waals surface area contributed by atoms with Crippen LogP contribution in [0.3, 0.4) is 0 Å². The SMILES string of the molecule is [2H]OC(CCP(C)OCCC#N)CC(=O)CCCC(=O)CCCC#C.[2H]OCC1OC(n2cc(C)c(NCCCCCCOC(=O)CCC(C)=O)nc2=O)CC1OP(C)OCCC#N.[2H]OCCC(CCOC(=O)CCC(C)=O)OP(C)OCCC#N.[3H]C.[3H]C.[3H]C. The zero-order chi connectivity index (χ0) is 71.0. The van der Waals surface area contributed by atoms with E-state index in [1.807, 2.05) is 31.8 Å². The van der Waals surface area contributed by atoms with Crippen molar-refractivity contribution in [1.29, 1.82) is 20.1 Å². The lowest BCUT2D eigenvalue weighted by atomic mass is 10.0.